The van der Waals surface area contributed by atoms with Gasteiger partial charge >= 0.3 is 12.4 Å². The van der Waals surface area contributed by atoms with Gasteiger partial charge in [0.2, 0.25) is 0 Å². The van der Waals surface area contributed by atoms with E-state index in [0.717, 1.165) is 4.90 Å². The van der Waals surface area contributed by atoms with Crippen LogP contribution >= 0.6 is 0 Å². The molecule has 0 unspecified atom stereocenters. The van der Waals surface area contributed by atoms with E-state index >= 15 is 0 Å². The minimum Gasteiger partial charge on any atom is -0.347 e. The normalized spacial score (nSPS) is 12.2. The lowest BCUT2D eigenvalue weighted by Crippen LogP contribution is -2.31. The molecule has 176 valence electrons. The molecule has 0 saturated carbocycles. The van der Waals surface area contributed by atoms with E-state index in [4.69, 9.17) is 0 Å². The molecule has 5 nitrogen and oxygen atoms in total. The van der Waals surface area contributed by atoms with Crippen molar-refractivity contribution in [3.05, 3.63) is 95.2 Å². The molecule has 0 radical (unpaired) electrons. The Bertz CT molecular complexity index is 1280. The van der Waals surface area contributed by atoms with Crippen LogP contribution in [0.4, 0.5) is 26.3 Å². The maximum atomic E-state index is 13.3. The number of halogens is 6. The molecule has 0 aliphatic carbocycles. The molecular weight excluding hydrogens is 462 g/mol. The molecule has 0 bridgehead atoms. The number of aromatic amines is 1. The number of imidazole rings is 1. The molecule has 2 aromatic carbocycles. The molecule has 4 aromatic rings. The quantitative estimate of drug-likeness (QED) is 0.367. The SMILES string of the molecule is O=C(c1cnc2ccccc2c1)N(Cc1cc(C(F)(F)F)cc(C(F)(F)F)c1)Cc1ncc[nH]1. The average Bonchev–Trinajstić information content (AvgIpc) is 3.29. The molecule has 1 amide bonds. The van der Waals surface area contributed by atoms with Gasteiger partial charge in [-0.1, -0.05) is 18.2 Å². The van der Waals surface area contributed by atoms with Gasteiger partial charge in [-0.05, 0) is 35.9 Å². The summed E-state index contributed by atoms with van der Waals surface area (Å²) < 4.78 is 79.7. The van der Waals surface area contributed by atoms with Crippen LogP contribution in [0.2, 0.25) is 0 Å². The minimum atomic E-state index is -4.99. The number of benzene rings is 2. The minimum absolute atomic E-state index is 0.0510. The summed E-state index contributed by atoms with van der Waals surface area (Å²) in [5.74, 6) is -0.314. The van der Waals surface area contributed by atoms with Crippen LogP contribution in [0.3, 0.4) is 0 Å². The van der Waals surface area contributed by atoms with Crippen molar-refractivity contribution in [2.24, 2.45) is 0 Å². The molecular formula is C23H16F6N4O. The summed E-state index contributed by atoms with van der Waals surface area (Å²) in [5, 5.41) is 0.657. The number of amides is 1. The standard InChI is InChI=1S/C23H16F6N4O/c24-22(25,26)17-7-14(8-18(10-17)23(27,28)29)12-33(13-20-30-5-6-31-20)21(34)16-9-15-3-1-2-4-19(15)32-11-16/h1-11H,12-13H2,(H,30,31). The Labute approximate surface area is 189 Å². The number of alkyl halides is 6. The Morgan fingerprint density at radius 2 is 1.56 bits per heavy atom. The zero-order valence-corrected chi connectivity index (χ0v) is 17.3. The summed E-state index contributed by atoms with van der Waals surface area (Å²) in [6.07, 6.45) is -5.77. The van der Waals surface area contributed by atoms with Crippen molar-refractivity contribution < 1.29 is 31.1 Å². The lowest BCUT2D eigenvalue weighted by molar-refractivity contribution is -0.143. The van der Waals surface area contributed by atoms with E-state index in [-0.39, 0.29) is 23.7 Å². The van der Waals surface area contributed by atoms with Gasteiger partial charge in [-0.2, -0.15) is 26.3 Å². The van der Waals surface area contributed by atoms with Crippen LogP contribution in [0, 0.1) is 0 Å². The number of nitrogens with one attached hydrogen (secondary N) is 1. The number of rotatable bonds is 5. The number of hydrogen-bond donors (Lipinski definition) is 1. The highest BCUT2D eigenvalue weighted by atomic mass is 19.4. The fourth-order valence-electron chi connectivity index (χ4n) is 3.47. The van der Waals surface area contributed by atoms with E-state index < -0.39 is 35.9 Å². The van der Waals surface area contributed by atoms with Crippen LogP contribution in [-0.4, -0.2) is 25.8 Å². The maximum absolute atomic E-state index is 13.3. The molecule has 11 heteroatoms. The fourth-order valence-corrected chi connectivity index (χ4v) is 3.47. The number of nitrogens with zero attached hydrogens (tertiary/aromatic N) is 3. The second-order valence-corrected chi connectivity index (χ2v) is 7.53. The number of H-pyrrole nitrogens is 1. The van der Waals surface area contributed by atoms with E-state index in [1.165, 1.54) is 18.6 Å². The highest BCUT2D eigenvalue weighted by Gasteiger charge is 2.37. The number of hydrogen-bond acceptors (Lipinski definition) is 3. The van der Waals surface area contributed by atoms with Gasteiger partial charge < -0.3 is 9.88 Å². The molecule has 0 saturated heterocycles. The summed E-state index contributed by atoms with van der Waals surface area (Å²) >= 11 is 0. The second kappa shape index (κ2) is 8.81. The largest absolute Gasteiger partial charge is 0.416 e. The Kier molecular flexibility index (Phi) is 6.03. The van der Waals surface area contributed by atoms with Gasteiger partial charge in [-0.3, -0.25) is 9.78 Å². The van der Waals surface area contributed by atoms with Gasteiger partial charge in [0, 0.05) is 30.5 Å². The summed E-state index contributed by atoms with van der Waals surface area (Å²) in [5.41, 5.74) is -2.46. The number of carbonyl (C=O) groups is 1. The third kappa shape index (κ3) is 5.19. The highest BCUT2D eigenvalue weighted by Crippen LogP contribution is 2.36. The molecule has 0 spiro atoms. The van der Waals surface area contributed by atoms with E-state index in [9.17, 15) is 31.1 Å². The fraction of sp³-hybridized carbons (Fsp3) is 0.174. The van der Waals surface area contributed by atoms with Crippen molar-refractivity contribution in [1.29, 1.82) is 0 Å². The molecule has 34 heavy (non-hydrogen) atoms. The molecule has 0 fully saturated rings. The van der Waals surface area contributed by atoms with E-state index in [1.54, 1.807) is 30.3 Å². The lowest BCUT2D eigenvalue weighted by Gasteiger charge is -2.23. The first-order chi connectivity index (χ1) is 16.0. The number of para-hydroxylation sites is 1. The zero-order chi connectivity index (χ0) is 24.5. The number of aromatic nitrogens is 3. The van der Waals surface area contributed by atoms with Gasteiger partial charge in [0.05, 0.1) is 28.8 Å². The number of fused-ring (bicyclic) bond motifs is 1. The second-order valence-electron chi connectivity index (χ2n) is 7.53. The van der Waals surface area contributed by atoms with Crippen molar-refractivity contribution in [3.8, 4) is 0 Å². The third-order valence-electron chi connectivity index (χ3n) is 5.04. The first kappa shape index (κ1) is 23.3. The average molecular weight is 478 g/mol. The van der Waals surface area contributed by atoms with E-state index in [0.29, 0.717) is 28.9 Å². The van der Waals surface area contributed by atoms with Crippen molar-refractivity contribution in [3.63, 3.8) is 0 Å². The Hall–Kier alpha value is -3.89. The monoisotopic (exact) mass is 478 g/mol. The Morgan fingerprint density at radius 1 is 0.882 bits per heavy atom. The van der Waals surface area contributed by atoms with Gasteiger partial charge in [0.25, 0.3) is 5.91 Å². The smallest absolute Gasteiger partial charge is 0.347 e. The van der Waals surface area contributed by atoms with Crippen LogP contribution in [0.5, 0.6) is 0 Å². The predicted molar refractivity (Wildman–Crippen MR) is 110 cm³/mol. The summed E-state index contributed by atoms with van der Waals surface area (Å²) in [4.78, 5) is 25.4. The van der Waals surface area contributed by atoms with E-state index in [1.807, 2.05) is 0 Å². The molecule has 0 aliphatic heterocycles. The first-order valence-electron chi connectivity index (χ1n) is 9.91. The predicted octanol–water partition coefficient (Wildman–Crippen LogP) is 5.84. The number of carbonyl (C=O) groups excluding carboxylic acids is 1. The first-order valence-corrected chi connectivity index (χ1v) is 9.91. The van der Waals surface area contributed by atoms with Crippen molar-refractivity contribution in [1.82, 2.24) is 19.9 Å². The van der Waals surface area contributed by atoms with Crippen molar-refractivity contribution in [2.75, 3.05) is 0 Å². The topological polar surface area (TPSA) is 61.9 Å². The summed E-state index contributed by atoms with van der Waals surface area (Å²) in [6, 6.07) is 9.82. The molecule has 0 atom stereocenters. The van der Waals surface area contributed by atoms with E-state index in [2.05, 4.69) is 15.0 Å². The lowest BCUT2D eigenvalue weighted by atomic mass is 10.0. The molecule has 2 heterocycles. The molecule has 2 aromatic heterocycles. The van der Waals surface area contributed by atoms with Gasteiger partial charge in [-0.15, -0.1) is 0 Å². The van der Waals surface area contributed by atoms with Gasteiger partial charge in [0.15, 0.2) is 0 Å². The van der Waals surface area contributed by atoms with Crippen LogP contribution < -0.4 is 0 Å². The molecule has 4 rings (SSSR count). The highest BCUT2D eigenvalue weighted by molar-refractivity contribution is 5.97. The summed E-state index contributed by atoms with van der Waals surface area (Å²) in [6.45, 7) is -0.685. The van der Waals surface area contributed by atoms with Crippen LogP contribution in [0.1, 0.15) is 32.9 Å². The van der Waals surface area contributed by atoms with Crippen molar-refractivity contribution in [2.45, 2.75) is 25.4 Å². The van der Waals surface area contributed by atoms with Gasteiger partial charge in [-0.25, -0.2) is 4.98 Å². The number of pyridine rings is 1. The van der Waals surface area contributed by atoms with Crippen LogP contribution in [0.25, 0.3) is 10.9 Å². The zero-order valence-electron chi connectivity index (χ0n) is 17.3. The van der Waals surface area contributed by atoms with Crippen molar-refractivity contribution >= 4 is 16.8 Å². The van der Waals surface area contributed by atoms with Crippen LogP contribution in [0.15, 0.2) is 67.1 Å². The third-order valence-corrected chi connectivity index (χ3v) is 5.04. The maximum Gasteiger partial charge on any atom is 0.416 e. The Morgan fingerprint density at radius 3 is 2.18 bits per heavy atom. The summed E-state index contributed by atoms with van der Waals surface area (Å²) in [7, 11) is 0. The van der Waals surface area contributed by atoms with Crippen LogP contribution in [-0.2, 0) is 25.4 Å². The molecule has 0 aliphatic rings. The molecule has 1 N–H and O–H groups in total. The van der Waals surface area contributed by atoms with Gasteiger partial charge in [0.1, 0.15) is 5.82 Å². The Balaban J connectivity index is 1.73.